The minimum atomic E-state index is -1.68. The quantitative estimate of drug-likeness (QED) is 0.0849. The van der Waals surface area contributed by atoms with Crippen LogP contribution in [0.25, 0.3) is 0 Å². The highest BCUT2D eigenvalue weighted by Crippen LogP contribution is 2.41. The van der Waals surface area contributed by atoms with Gasteiger partial charge in [0.15, 0.2) is 18.4 Å². The second kappa shape index (κ2) is 14.6. The highest BCUT2D eigenvalue weighted by molar-refractivity contribution is 5.91. The molecule has 0 spiro atoms. The summed E-state index contributed by atoms with van der Waals surface area (Å²) in [5, 5.41) is 66.3. The monoisotopic (exact) mass is 622 g/mol. The number of carbonyl (C=O) groups is 1. The maximum Gasteiger partial charge on any atom is 0.186 e. The molecule has 0 amide bonds. The van der Waals surface area contributed by atoms with Gasteiger partial charge in [0.1, 0.15) is 36.1 Å². The number of aliphatic hydroxyl groups is 6. The fraction of sp³-hybridized carbons (Fsp3) is 0.962. The van der Waals surface area contributed by atoms with Crippen molar-refractivity contribution in [1.29, 1.82) is 0 Å². The van der Waals surface area contributed by atoms with Crippen molar-refractivity contribution < 1.29 is 54.4 Å². The second-order valence-electron chi connectivity index (χ2n) is 12.4. The molecule has 2 saturated heterocycles. The Morgan fingerprint density at radius 3 is 2.19 bits per heavy atom. The van der Waals surface area contributed by atoms with Gasteiger partial charge in [0, 0.05) is 31.5 Å². The molecule has 2 unspecified atom stereocenters. The van der Waals surface area contributed by atoms with E-state index in [1.807, 2.05) is 0 Å². The SMILES string of the molecule is NCCCNC[C@H]1O[C@H](O[C@H]2[C@H](O)[C@@H](O[C@H]3O[C@H](CO)[C@@H](O)[C@H](N)[C@H]3O)[C@H](CC(=O)C3(O)CC3N)C[C@@H]2N)[C@H](N)C[C@@H]1O. The molecule has 4 fully saturated rings. The molecule has 4 rings (SSSR count). The molecule has 250 valence electrons. The zero-order valence-electron chi connectivity index (χ0n) is 24.1. The number of nitrogens with one attached hydrogen (secondary N) is 1. The molecule has 0 aromatic heterocycles. The molecule has 43 heavy (non-hydrogen) atoms. The largest absolute Gasteiger partial charge is 0.394 e. The zero-order chi connectivity index (χ0) is 31.6. The molecule has 0 aromatic rings. The Kier molecular flexibility index (Phi) is 11.9. The summed E-state index contributed by atoms with van der Waals surface area (Å²) in [5.41, 5.74) is 28.2. The summed E-state index contributed by atoms with van der Waals surface area (Å²) in [5.74, 6) is -1.32. The molecule has 0 bridgehead atoms. The smallest absolute Gasteiger partial charge is 0.186 e. The molecule has 16 atom stereocenters. The van der Waals surface area contributed by atoms with Crippen molar-refractivity contribution in [3.8, 4) is 0 Å². The highest BCUT2D eigenvalue weighted by Gasteiger charge is 2.58. The summed E-state index contributed by atoms with van der Waals surface area (Å²) in [7, 11) is 0. The molecule has 17 heteroatoms. The minimum Gasteiger partial charge on any atom is -0.394 e. The average molecular weight is 623 g/mol. The number of rotatable bonds is 13. The van der Waals surface area contributed by atoms with Crippen molar-refractivity contribution >= 4 is 5.78 Å². The standard InChI is InChI=1S/C26H50N6O11/c27-2-1-3-32-8-14-13(34)6-12(29)24(40-14)43-23-11(28)4-10(5-17(35)26(39)7-16(26)30)22(21(23)38)42-25-20(37)18(31)19(36)15(9-33)41-25/h10-16,18-25,32-34,36-39H,1-9,27-31H2/t10-,11-,12+,13-,14+,15+,16?,18-,19+,20+,21+,22-,23+,24+,25+,26?/m0/s1. The van der Waals surface area contributed by atoms with E-state index in [0.717, 1.165) is 6.42 Å². The third-order valence-corrected chi connectivity index (χ3v) is 9.07. The summed E-state index contributed by atoms with van der Waals surface area (Å²) in [6, 6.07) is -3.55. The summed E-state index contributed by atoms with van der Waals surface area (Å²) >= 11 is 0. The van der Waals surface area contributed by atoms with Crippen molar-refractivity contribution in [2.75, 3.05) is 26.2 Å². The number of ketones is 1. The number of hydrogen-bond donors (Lipinski definition) is 12. The van der Waals surface area contributed by atoms with Crippen LogP contribution in [0.15, 0.2) is 0 Å². The van der Waals surface area contributed by atoms with Crippen LogP contribution >= 0.6 is 0 Å². The molecule has 2 aliphatic carbocycles. The summed E-state index contributed by atoms with van der Waals surface area (Å²) in [4.78, 5) is 13.0. The Hall–Kier alpha value is -0.970. The first kappa shape index (κ1) is 34.9. The maximum absolute atomic E-state index is 13.0. The molecule has 0 aromatic carbocycles. The van der Waals surface area contributed by atoms with E-state index in [1.54, 1.807) is 0 Å². The van der Waals surface area contributed by atoms with E-state index in [1.165, 1.54) is 0 Å². The van der Waals surface area contributed by atoms with Gasteiger partial charge in [0.25, 0.3) is 0 Å². The molecular weight excluding hydrogens is 572 g/mol. The lowest BCUT2D eigenvalue weighted by Crippen LogP contribution is -2.66. The van der Waals surface area contributed by atoms with E-state index in [9.17, 15) is 35.4 Å². The van der Waals surface area contributed by atoms with Gasteiger partial charge in [0.2, 0.25) is 0 Å². The fourth-order valence-electron chi connectivity index (χ4n) is 6.15. The molecule has 0 radical (unpaired) electrons. The molecule has 2 heterocycles. The average Bonchev–Trinajstić information content (AvgIpc) is 3.59. The number of hydrogen-bond acceptors (Lipinski definition) is 17. The van der Waals surface area contributed by atoms with Crippen LogP contribution in [0, 0.1) is 5.92 Å². The van der Waals surface area contributed by atoms with Gasteiger partial charge in [-0.05, 0) is 38.3 Å². The normalized spacial score (nSPS) is 48.7. The Labute approximate surface area is 249 Å². The van der Waals surface area contributed by atoms with Gasteiger partial charge in [-0.15, -0.1) is 0 Å². The Morgan fingerprint density at radius 1 is 0.907 bits per heavy atom. The van der Waals surface area contributed by atoms with Crippen molar-refractivity contribution in [1.82, 2.24) is 5.32 Å². The molecule has 17 N–H and O–H groups in total. The van der Waals surface area contributed by atoms with Gasteiger partial charge in [-0.1, -0.05) is 0 Å². The predicted octanol–water partition coefficient (Wildman–Crippen LogP) is -6.61. The zero-order valence-corrected chi connectivity index (χ0v) is 24.1. The van der Waals surface area contributed by atoms with Crippen LogP contribution in [0.2, 0.25) is 0 Å². The van der Waals surface area contributed by atoms with Gasteiger partial charge >= 0.3 is 0 Å². The second-order valence-corrected chi connectivity index (χ2v) is 12.4. The van der Waals surface area contributed by atoms with Crippen molar-refractivity contribution in [3.05, 3.63) is 0 Å². The molecule has 2 saturated carbocycles. The van der Waals surface area contributed by atoms with Crippen LogP contribution in [0.3, 0.4) is 0 Å². The number of nitrogens with two attached hydrogens (primary N) is 5. The van der Waals surface area contributed by atoms with E-state index >= 15 is 0 Å². The minimum absolute atomic E-state index is 0.0824. The molecular formula is C26H50N6O11. The summed E-state index contributed by atoms with van der Waals surface area (Å²) in [6.45, 7) is 0.818. The lowest BCUT2D eigenvalue weighted by Gasteiger charge is -2.48. The predicted molar refractivity (Wildman–Crippen MR) is 149 cm³/mol. The first-order valence-corrected chi connectivity index (χ1v) is 15.0. The van der Waals surface area contributed by atoms with Crippen molar-refractivity contribution in [3.63, 3.8) is 0 Å². The Morgan fingerprint density at radius 2 is 1.56 bits per heavy atom. The number of ether oxygens (including phenoxy) is 4. The van der Waals surface area contributed by atoms with Gasteiger partial charge in [0.05, 0.1) is 37.0 Å². The number of Topliss-reactive ketones (excluding diaryl/α,β-unsaturated/α-hetero) is 1. The van der Waals surface area contributed by atoms with E-state index in [-0.39, 0.29) is 25.7 Å². The van der Waals surface area contributed by atoms with E-state index in [0.29, 0.717) is 19.6 Å². The molecule has 4 aliphatic rings. The first-order chi connectivity index (χ1) is 20.3. The van der Waals surface area contributed by atoms with Crippen LogP contribution in [-0.4, -0.2) is 154 Å². The Balaban J connectivity index is 1.51. The number of aliphatic hydroxyl groups excluding tert-OH is 5. The van der Waals surface area contributed by atoms with Crippen LogP contribution in [0.5, 0.6) is 0 Å². The highest BCUT2D eigenvalue weighted by atomic mass is 16.7. The van der Waals surface area contributed by atoms with Gasteiger partial charge in [-0.2, -0.15) is 0 Å². The third kappa shape index (κ3) is 7.71. The maximum atomic E-state index is 13.0. The molecule has 17 nitrogen and oxygen atoms in total. The third-order valence-electron chi connectivity index (χ3n) is 9.07. The van der Waals surface area contributed by atoms with Crippen LogP contribution in [-0.2, 0) is 23.7 Å². The van der Waals surface area contributed by atoms with Crippen LogP contribution < -0.4 is 34.0 Å². The van der Waals surface area contributed by atoms with E-state index in [4.69, 9.17) is 47.6 Å². The van der Waals surface area contributed by atoms with Gasteiger partial charge < -0.3 is 83.6 Å². The van der Waals surface area contributed by atoms with E-state index in [2.05, 4.69) is 5.32 Å². The lowest BCUT2D eigenvalue weighted by atomic mass is 9.76. The van der Waals surface area contributed by atoms with Crippen molar-refractivity contribution in [2.45, 2.75) is 123 Å². The summed E-state index contributed by atoms with van der Waals surface area (Å²) in [6.07, 6.45) is -11.3. The van der Waals surface area contributed by atoms with Gasteiger partial charge in [-0.3, -0.25) is 4.79 Å². The van der Waals surface area contributed by atoms with Crippen molar-refractivity contribution in [2.24, 2.45) is 34.6 Å². The topological polar surface area (TPSA) is 318 Å². The Bertz CT molecular complexity index is 925. The lowest BCUT2D eigenvalue weighted by molar-refractivity contribution is -0.320. The number of carbonyl (C=O) groups excluding carboxylic acids is 1. The first-order valence-electron chi connectivity index (χ1n) is 15.0. The summed E-state index contributed by atoms with van der Waals surface area (Å²) < 4.78 is 23.7. The fourth-order valence-corrected chi connectivity index (χ4v) is 6.15. The van der Waals surface area contributed by atoms with Crippen LogP contribution in [0.4, 0.5) is 0 Å². The van der Waals surface area contributed by atoms with Gasteiger partial charge in [-0.25, -0.2) is 0 Å². The molecule has 2 aliphatic heterocycles. The van der Waals surface area contributed by atoms with Crippen LogP contribution in [0.1, 0.15) is 32.1 Å². The van der Waals surface area contributed by atoms with E-state index < -0.39 is 109 Å².